The lowest BCUT2D eigenvalue weighted by atomic mass is 9.70. The predicted molar refractivity (Wildman–Crippen MR) is 345 cm³/mol. The zero-order chi connectivity index (χ0) is 55.6. The number of hydrogen-bond donors (Lipinski definition) is 0. The van der Waals surface area contributed by atoms with Crippen molar-refractivity contribution in [3.05, 3.63) is 301 Å². The fourth-order valence-electron chi connectivity index (χ4n) is 14.3. The summed E-state index contributed by atoms with van der Waals surface area (Å²) in [4.78, 5) is 0. The van der Waals surface area contributed by atoms with Crippen LogP contribution < -0.4 is 5.46 Å². The summed E-state index contributed by atoms with van der Waals surface area (Å²) in [6.07, 6.45) is 0. The summed E-state index contributed by atoms with van der Waals surface area (Å²) in [6.45, 7) is 8.47. The fraction of sp³-hybridized carbons (Fsp3) is 0.0886. The topological polar surface area (TPSA) is 23.4 Å². The van der Waals surface area contributed by atoms with Crippen molar-refractivity contribution in [1.82, 2.24) is 4.57 Å². The number of hydrogen-bond acceptors (Lipinski definition) is 2. The summed E-state index contributed by atoms with van der Waals surface area (Å²) in [5.74, 6) is 0. The molecule has 0 saturated carbocycles. The van der Waals surface area contributed by atoms with Gasteiger partial charge in [0.05, 0.1) is 27.7 Å². The van der Waals surface area contributed by atoms with Gasteiger partial charge in [-0.05, 0) is 175 Å². The number of fused-ring (bicyclic) bond motifs is 13. The van der Waals surface area contributed by atoms with Crippen LogP contribution in [0, 0.1) is 0 Å². The molecule has 0 atom stereocenters. The number of nitrogens with zero attached hydrogens (tertiary/aromatic N) is 1. The Hall–Kier alpha value is -9.58. The van der Waals surface area contributed by atoms with Gasteiger partial charge in [-0.25, -0.2) is 0 Å². The van der Waals surface area contributed by atoms with Crippen LogP contribution in [0.1, 0.15) is 49.9 Å². The average Bonchev–Trinajstić information content (AvgIpc) is 1.68. The molecule has 16 rings (SSSR count). The van der Waals surface area contributed by atoms with E-state index in [9.17, 15) is 0 Å². The molecule has 13 aromatic rings. The van der Waals surface area contributed by atoms with Gasteiger partial charge in [-0.15, -0.1) is 0 Å². The summed E-state index contributed by atoms with van der Waals surface area (Å²) in [7, 11) is -0.498. The molecule has 3 aliphatic rings. The van der Waals surface area contributed by atoms with Crippen LogP contribution in [0.2, 0.25) is 0 Å². The number of aromatic nitrogens is 1. The molecule has 1 aliphatic heterocycles. The highest BCUT2D eigenvalue weighted by atomic mass is 16.7. The molecule has 1 aromatic heterocycles. The molecule has 12 aromatic carbocycles. The van der Waals surface area contributed by atoms with Gasteiger partial charge in [0.2, 0.25) is 0 Å². The maximum absolute atomic E-state index is 6.66. The molecule has 2 aliphatic carbocycles. The molecule has 2 heterocycles. The lowest BCUT2D eigenvalue weighted by molar-refractivity contribution is 0.00578. The number of para-hydroxylation sites is 1. The average molecular weight is 1060 g/mol. The maximum atomic E-state index is 6.66. The van der Waals surface area contributed by atoms with Crippen LogP contribution in [-0.2, 0) is 14.7 Å². The van der Waals surface area contributed by atoms with Crippen molar-refractivity contribution in [2.24, 2.45) is 0 Å². The van der Waals surface area contributed by atoms with E-state index in [4.69, 9.17) is 9.31 Å². The SMILES string of the molecule is CC1(C)OB(c2ccc(-c3c(-c4ccccc4)c(-c4ccccc4)c(-c4ccccc4)c(-c4ccccc4)c3-c3ccc(-n4c5ccccc5c5cc6c(cc54)C4(c5ccccc5-c5ccccc54)c4ccccc4-6)cc3)cc2)OC1(C)C. The van der Waals surface area contributed by atoms with Gasteiger partial charge < -0.3 is 13.9 Å². The van der Waals surface area contributed by atoms with Gasteiger partial charge in [-0.3, -0.25) is 0 Å². The van der Waals surface area contributed by atoms with E-state index in [-0.39, 0.29) is 0 Å². The Labute approximate surface area is 485 Å². The Kier molecular flexibility index (Phi) is 11.1. The highest BCUT2D eigenvalue weighted by molar-refractivity contribution is 6.62. The highest BCUT2D eigenvalue weighted by Crippen LogP contribution is 2.64. The Balaban J connectivity index is 0.975. The van der Waals surface area contributed by atoms with Gasteiger partial charge in [0.1, 0.15) is 0 Å². The molecule has 0 radical (unpaired) electrons. The molecular formula is C79H58BNO2. The second-order valence-electron chi connectivity index (χ2n) is 23.6. The van der Waals surface area contributed by atoms with Crippen LogP contribution in [0.25, 0.3) is 117 Å². The van der Waals surface area contributed by atoms with E-state index in [1.807, 2.05) is 0 Å². The van der Waals surface area contributed by atoms with E-state index in [0.29, 0.717) is 0 Å². The molecule has 1 saturated heterocycles. The van der Waals surface area contributed by atoms with Crippen LogP contribution in [0.15, 0.2) is 279 Å². The van der Waals surface area contributed by atoms with Gasteiger partial charge in [0, 0.05) is 16.5 Å². The second-order valence-corrected chi connectivity index (χ2v) is 23.6. The third-order valence-electron chi connectivity index (χ3n) is 18.7. The Morgan fingerprint density at radius 2 is 0.639 bits per heavy atom. The van der Waals surface area contributed by atoms with Crippen molar-refractivity contribution < 1.29 is 9.31 Å². The first-order valence-corrected chi connectivity index (χ1v) is 29.1. The predicted octanol–water partition coefficient (Wildman–Crippen LogP) is 19.4. The molecular weight excluding hydrogens is 1010 g/mol. The fourth-order valence-corrected chi connectivity index (χ4v) is 14.3. The van der Waals surface area contributed by atoms with Gasteiger partial charge in [0.15, 0.2) is 0 Å². The highest BCUT2D eigenvalue weighted by Gasteiger charge is 2.53. The van der Waals surface area contributed by atoms with Gasteiger partial charge >= 0.3 is 7.12 Å². The maximum Gasteiger partial charge on any atom is 0.494 e. The van der Waals surface area contributed by atoms with E-state index in [1.165, 1.54) is 88.6 Å². The third kappa shape index (κ3) is 7.33. The van der Waals surface area contributed by atoms with Crippen LogP contribution in [0.4, 0.5) is 0 Å². The molecule has 3 nitrogen and oxygen atoms in total. The van der Waals surface area contributed by atoms with Crippen molar-refractivity contribution in [2.75, 3.05) is 0 Å². The summed E-state index contributed by atoms with van der Waals surface area (Å²) >= 11 is 0. The van der Waals surface area contributed by atoms with Crippen molar-refractivity contribution in [3.8, 4) is 94.7 Å². The smallest absolute Gasteiger partial charge is 0.399 e. The normalized spacial score (nSPS) is 14.9. The number of benzene rings is 12. The minimum atomic E-state index is -0.498. The lowest BCUT2D eigenvalue weighted by Gasteiger charge is -2.32. The molecule has 0 bridgehead atoms. The Bertz CT molecular complexity index is 4640. The van der Waals surface area contributed by atoms with E-state index >= 15 is 0 Å². The van der Waals surface area contributed by atoms with Gasteiger partial charge in [0.25, 0.3) is 0 Å². The zero-order valence-corrected chi connectivity index (χ0v) is 46.9. The monoisotopic (exact) mass is 1060 g/mol. The summed E-state index contributed by atoms with van der Waals surface area (Å²) in [5, 5.41) is 2.47. The van der Waals surface area contributed by atoms with Crippen molar-refractivity contribution in [3.63, 3.8) is 0 Å². The lowest BCUT2D eigenvalue weighted by Crippen LogP contribution is -2.41. The molecule has 4 heteroatoms. The molecule has 0 amide bonds. The van der Waals surface area contributed by atoms with E-state index in [0.717, 1.165) is 55.7 Å². The molecule has 1 spiro atoms. The largest absolute Gasteiger partial charge is 0.494 e. The molecule has 0 unspecified atom stereocenters. The van der Waals surface area contributed by atoms with E-state index in [2.05, 4.69) is 311 Å². The summed E-state index contributed by atoms with van der Waals surface area (Å²) in [6, 6.07) is 104. The quantitative estimate of drug-likeness (QED) is 0.142. The first kappa shape index (κ1) is 49.3. The van der Waals surface area contributed by atoms with Crippen molar-refractivity contribution >= 4 is 34.4 Å². The van der Waals surface area contributed by atoms with Crippen molar-refractivity contribution in [1.29, 1.82) is 0 Å². The van der Waals surface area contributed by atoms with Crippen LogP contribution in [-0.4, -0.2) is 22.9 Å². The standard InChI is InChI=1S/C79H58BNO2/c1-77(2)78(3,4)83-80(82-77)57-45-41-55(42-46-57)75-73(53-29-13-7-14-30-53)71(51-25-9-5-10-26-51)72(52-27-11-6-12-28-52)74(54-31-15-8-16-32-54)76(75)56-43-47-58(48-44-56)81-69-40-24-20-36-62(69)64-49-63-61-35-19-23-39-67(61)79(68(63)50-70(64)81)65-37-21-17-33-59(65)60-34-18-22-38-66(60)79/h5-50H,1-4H3. The first-order valence-electron chi connectivity index (χ1n) is 29.1. The Morgan fingerprint density at radius 1 is 0.289 bits per heavy atom. The van der Waals surface area contributed by atoms with Crippen LogP contribution >= 0.6 is 0 Å². The third-order valence-corrected chi connectivity index (χ3v) is 18.7. The van der Waals surface area contributed by atoms with Gasteiger partial charge in [-0.2, -0.15) is 0 Å². The molecule has 394 valence electrons. The minimum Gasteiger partial charge on any atom is -0.399 e. The second kappa shape index (κ2) is 18.7. The first-order chi connectivity index (χ1) is 40.7. The van der Waals surface area contributed by atoms with Gasteiger partial charge in [-0.1, -0.05) is 249 Å². The van der Waals surface area contributed by atoms with Crippen LogP contribution in [0.5, 0.6) is 0 Å². The van der Waals surface area contributed by atoms with E-state index in [1.54, 1.807) is 0 Å². The molecule has 0 N–H and O–H groups in total. The molecule has 83 heavy (non-hydrogen) atoms. The number of rotatable bonds is 8. The summed E-state index contributed by atoms with van der Waals surface area (Å²) in [5.41, 5.74) is 27.4. The van der Waals surface area contributed by atoms with Crippen molar-refractivity contribution in [2.45, 2.75) is 44.3 Å². The molecule has 1 fully saturated rings. The Morgan fingerprint density at radius 3 is 1.07 bits per heavy atom. The zero-order valence-electron chi connectivity index (χ0n) is 46.9. The van der Waals surface area contributed by atoms with Crippen LogP contribution in [0.3, 0.4) is 0 Å². The summed E-state index contributed by atoms with van der Waals surface area (Å²) < 4.78 is 15.8. The van der Waals surface area contributed by atoms with E-state index < -0.39 is 23.7 Å². The minimum absolute atomic E-state index is 0.468.